The number of nitrogens with zero attached hydrogens (tertiary/aromatic N) is 3. The van der Waals surface area contributed by atoms with Crippen LogP contribution in [0.4, 0.5) is 10.6 Å². The van der Waals surface area contributed by atoms with E-state index in [-0.39, 0.29) is 18.4 Å². The number of ether oxygens (including phenoxy) is 2. The van der Waals surface area contributed by atoms with Gasteiger partial charge in [-0.05, 0) is 57.6 Å². The minimum atomic E-state index is -0.593. The van der Waals surface area contributed by atoms with Gasteiger partial charge in [0.15, 0.2) is 0 Å². The van der Waals surface area contributed by atoms with Crippen molar-refractivity contribution in [2.24, 2.45) is 9.98 Å². The van der Waals surface area contributed by atoms with Gasteiger partial charge in [-0.3, -0.25) is 0 Å². The van der Waals surface area contributed by atoms with Gasteiger partial charge in [-0.15, -0.1) is 0 Å². The number of nitrogens with one attached hydrogen (secondary N) is 1. The summed E-state index contributed by atoms with van der Waals surface area (Å²) in [5.41, 5.74) is 0.405. The van der Waals surface area contributed by atoms with Crippen LogP contribution in [0.2, 0.25) is 0 Å². The molecule has 0 saturated carbocycles. The zero-order valence-electron chi connectivity index (χ0n) is 15.1. The van der Waals surface area contributed by atoms with Crippen LogP contribution < -0.4 is 5.32 Å². The quantitative estimate of drug-likeness (QED) is 0.373. The van der Waals surface area contributed by atoms with Gasteiger partial charge < -0.3 is 19.4 Å². The van der Waals surface area contributed by atoms with Gasteiger partial charge in [0.25, 0.3) is 0 Å². The number of amidine groups is 1. The minimum Gasteiger partial charge on any atom is -0.464 e. The lowest BCUT2D eigenvalue weighted by Gasteiger charge is -2.20. The lowest BCUT2D eigenvalue weighted by atomic mass is 10.2. The third-order valence-electron chi connectivity index (χ3n) is 2.98. The zero-order chi connectivity index (χ0) is 19.2. The standard InChI is InChI=1S/C16H23ClN4O4/c1-10-9-11(13(22)24-6)21(12(10)20-14(17)18-5)8-7-19-15(23)25-16(2,3)4/h9H,5,7-8H2,1-4,6H3,(H,19,23). The van der Waals surface area contributed by atoms with E-state index in [4.69, 9.17) is 21.1 Å². The maximum Gasteiger partial charge on any atom is 0.407 e. The van der Waals surface area contributed by atoms with E-state index in [2.05, 4.69) is 22.0 Å². The Labute approximate surface area is 151 Å². The molecule has 0 atom stereocenters. The van der Waals surface area contributed by atoms with Gasteiger partial charge in [-0.2, -0.15) is 0 Å². The molecule has 1 amide bonds. The monoisotopic (exact) mass is 370 g/mol. The van der Waals surface area contributed by atoms with Crippen molar-refractivity contribution in [2.75, 3.05) is 13.7 Å². The van der Waals surface area contributed by atoms with E-state index in [1.165, 1.54) is 7.11 Å². The molecule has 8 nitrogen and oxygen atoms in total. The summed E-state index contributed by atoms with van der Waals surface area (Å²) in [6.45, 7) is 10.9. The van der Waals surface area contributed by atoms with Crippen molar-refractivity contribution >= 4 is 41.5 Å². The third kappa shape index (κ3) is 6.22. The van der Waals surface area contributed by atoms with Crippen molar-refractivity contribution in [3.63, 3.8) is 0 Å². The predicted octanol–water partition coefficient (Wildman–Crippen LogP) is 3.03. The highest BCUT2D eigenvalue weighted by Crippen LogP contribution is 2.25. The highest BCUT2D eigenvalue weighted by molar-refractivity contribution is 6.65. The smallest absolute Gasteiger partial charge is 0.407 e. The molecular formula is C16H23ClN4O4. The van der Waals surface area contributed by atoms with Crippen LogP contribution in [0.1, 0.15) is 36.8 Å². The molecule has 25 heavy (non-hydrogen) atoms. The number of alkyl carbamates (subject to hydrolysis) is 1. The summed E-state index contributed by atoms with van der Waals surface area (Å²) in [6, 6.07) is 1.63. The average Bonchev–Trinajstić information content (AvgIpc) is 2.81. The molecule has 9 heteroatoms. The van der Waals surface area contributed by atoms with Gasteiger partial charge in [0, 0.05) is 13.1 Å². The highest BCUT2D eigenvalue weighted by atomic mass is 35.5. The summed E-state index contributed by atoms with van der Waals surface area (Å²) in [5.74, 6) is -0.0895. The van der Waals surface area contributed by atoms with Crippen LogP contribution >= 0.6 is 11.6 Å². The highest BCUT2D eigenvalue weighted by Gasteiger charge is 2.20. The summed E-state index contributed by atoms with van der Waals surface area (Å²) in [4.78, 5) is 31.4. The second-order valence-electron chi connectivity index (χ2n) is 6.15. The van der Waals surface area contributed by atoms with Crippen molar-refractivity contribution in [3.05, 3.63) is 17.3 Å². The van der Waals surface area contributed by atoms with Gasteiger partial charge in [-0.1, -0.05) is 0 Å². The summed E-state index contributed by atoms with van der Waals surface area (Å²) >= 11 is 5.83. The first-order valence-electron chi connectivity index (χ1n) is 7.55. The molecule has 1 aromatic heterocycles. The molecule has 0 aliphatic carbocycles. The molecule has 0 unspecified atom stereocenters. The Morgan fingerprint density at radius 1 is 1.40 bits per heavy atom. The Balaban J connectivity index is 3.01. The number of hydrogen-bond donors (Lipinski definition) is 1. The lowest BCUT2D eigenvalue weighted by molar-refractivity contribution is 0.0526. The maximum atomic E-state index is 12.0. The number of carbonyl (C=O) groups excluding carboxylic acids is 2. The number of amides is 1. The Hall–Kier alpha value is -2.35. The number of hydrogen-bond acceptors (Lipinski definition) is 5. The Kier molecular flexibility index (Phi) is 7.17. The van der Waals surface area contributed by atoms with E-state index in [0.717, 1.165) is 0 Å². The zero-order valence-corrected chi connectivity index (χ0v) is 15.8. The Morgan fingerprint density at radius 3 is 2.56 bits per heavy atom. The first kappa shape index (κ1) is 20.7. The topological polar surface area (TPSA) is 94.3 Å². The number of halogens is 1. The lowest BCUT2D eigenvalue weighted by Crippen LogP contribution is -2.34. The molecule has 1 rings (SSSR count). The van der Waals surface area contributed by atoms with Crippen LogP contribution in [0.15, 0.2) is 16.1 Å². The van der Waals surface area contributed by atoms with Crippen LogP contribution in [0.5, 0.6) is 0 Å². The fourth-order valence-electron chi connectivity index (χ4n) is 2.03. The molecule has 0 aliphatic rings. The fourth-order valence-corrected chi connectivity index (χ4v) is 2.11. The van der Waals surface area contributed by atoms with E-state index >= 15 is 0 Å². The van der Waals surface area contributed by atoms with E-state index in [0.29, 0.717) is 17.1 Å². The number of aromatic nitrogens is 1. The molecule has 1 heterocycles. The number of esters is 1. The van der Waals surface area contributed by atoms with Gasteiger partial charge in [0.05, 0.1) is 7.11 Å². The number of carbonyl (C=O) groups is 2. The summed E-state index contributed by atoms with van der Waals surface area (Å²) < 4.78 is 11.5. The van der Waals surface area contributed by atoms with Crippen molar-refractivity contribution in [1.82, 2.24) is 9.88 Å². The summed E-state index contributed by atoms with van der Waals surface area (Å²) in [6.07, 6.45) is -0.549. The molecule has 0 fully saturated rings. The van der Waals surface area contributed by atoms with Crippen molar-refractivity contribution in [1.29, 1.82) is 0 Å². The molecule has 0 radical (unpaired) electrons. The molecule has 0 saturated heterocycles. The normalized spacial score (nSPS) is 11.8. The largest absolute Gasteiger partial charge is 0.464 e. The first-order chi connectivity index (χ1) is 11.6. The number of aryl methyl sites for hydroxylation is 1. The van der Waals surface area contributed by atoms with E-state index < -0.39 is 17.7 Å². The van der Waals surface area contributed by atoms with Crippen LogP contribution in [0, 0.1) is 6.92 Å². The van der Waals surface area contributed by atoms with Crippen LogP contribution in [0.25, 0.3) is 0 Å². The van der Waals surface area contributed by atoms with Gasteiger partial charge in [0.1, 0.15) is 17.1 Å². The summed E-state index contributed by atoms with van der Waals surface area (Å²) in [5, 5.41) is 2.57. The maximum absolute atomic E-state index is 12.0. The predicted molar refractivity (Wildman–Crippen MR) is 97.2 cm³/mol. The van der Waals surface area contributed by atoms with Gasteiger partial charge in [-0.25, -0.2) is 19.6 Å². The molecule has 138 valence electrons. The summed E-state index contributed by atoms with van der Waals surface area (Å²) in [7, 11) is 1.29. The van der Waals surface area contributed by atoms with Gasteiger partial charge >= 0.3 is 12.1 Å². The van der Waals surface area contributed by atoms with Crippen LogP contribution in [-0.4, -0.2) is 47.9 Å². The van der Waals surface area contributed by atoms with E-state index in [1.54, 1.807) is 38.3 Å². The van der Waals surface area contributed by atoms with E-state index in [1.807, 2.05) is 0 Å². The number of rotatable bonds is 5. The van der Waals surface area contributed by atoms with E-state index in [9.17, 15) is 9.59 Å². The molecular weight excluding hydrogens is 348 g/mol. The van der Waals surface area contributed by atoms with Crippen molar-refractivity contribution in [3.8, 4) is 0 Å². The van der Waals surface area contributed by atoms with Crippen LogP contribution in [-0.2, 0) is 16.0 Å². The fraction of sp³-hybridized carbons (Fsp3) is 0.500. The molecule has 1 aromatic rings. The minimum absolute atomic E-state index is 0.0565. The average molecular weight is 371 g/mol. The van der Waals surface area contributed by atoms with Crippen molar-refractivity contribution < 1.29 is 19.1 Å². The molecule has 0 aromatic carbocycles. The molecule has 1 N–H and O–H groups in total. The number of aliphatic imine (C=N–C) groups is 2. The second kappa shape index (κ2) is 8.66. The SMILES string of the molecule is C=NC(Cl)=Nc1c(C)cc(C(=O)OC)n1CCNC(=O)OC(C)(C)C. The first-order valence-corrected chi connectivity index (χ1v) is 7.93. The third-order valence-corrected chi connectivity index (χ3v) is 3.18. The van der Waals surface area contributed by atoms with Crippen LogP contribution in [0.3, 0.4) is 0 Å². The molecule has 0 aliphatic heterocycles. The molecule has 0 spiro atoms. The Bertz CT molecular complexity index is 689. The molecule has 0 bridgehead atoms. The second-order valence-corrected chi connectivity index (χ2v) is 6.49. The van der Waals surface area contributed by atoms with Crippen molar-refractivity contribution in [2.45, 2.75) is 39.8 Å². The number of methoxy groups -OCH3 is 1. The Morgan fingerprint density at radius 2 is 2.04 bits per heavy atom. The van der Waals surface area contributed by atoms with Gasteiger partial charge in [0.2, 0.25) is 5.29 Å².